The van der Waals surface area contributed by atoms with Crippen LogP contribution >= 0.6 is 11.6 Å². The maximum absolute atomic E-state index is 12.4. The number of hydrogen-bond acceptors (Lipinski definition) is 5. The average molecular weight is 457 g/mol. The van der Waals surface area contributed by atoms with Crippen molar-refractivity contribution in [2.45, 2.75) is 64.5 Å². The van der Waals surface area contributed by atoms with Gasteiger partial charge < -0.3 is 19.6 Å². The van der Waals surface area contributed by atoms with Crippen LogP contribution in [0.4, 0.5) is 10.5 Å². The number of benzene rings is 1. The number of halogens is 1. The Bertz CT molecular complexity index is 1160. The Hall–Kier alpha value is -2.51. The second kappa shape index (κ2) is 8.12. The first-order chi connectivity index (χ1) is 15.4. The van der Waals surface area contributed by atoms with E-state index in [0.717, 1.165) is 72.4 Å². The van der Waals surface area contributed by atoms with E-state index < -0.39 is 5.54 Å². The van der Waals surface area contributed by atoms with E-state index in [1.807, 2.05) is 19.9 Å². The number of furan rings is 1. The van der Waals surface area contributed by atoms with E-state index in [2.05, 4.69) is 33.8 Å². The van der Waals surface area contributed by atoms with Crippen LogP contribution in [0.2, 0.25) is 5.02 Å². The molecule has 7 nitrogen and oxygen atoms in total. The Morgan fingerprint density at radius 2 is 2.00 bits per heavy atom. The Kier molecular flexibility index (Phi) is 5.42. The van der Waals surface area contributed by atoms with Gasteiger partial charge in [-0.1, -0.05) is 36.0 Å². The fourth-order valence-corrected chi connectivity index (χ4v) is 5.58. The molecule has 1 spiro atoms. The number of rotatable bonds is 5. The zero-order valence-electron chi connectivity index (χ0n) is 18.8. The number of urea groups is 1. The molecule has 0 atom stereocenters. The van der Waals surface area contributed by atoms with Crippen molar-refractivity contribution < 1.29 is 13.7 Å². The lowest BCUT2D eigenvalue weighted by atomic mass is 9.74. The Morgan fingerprint density at radius 3 is 2.72 bits per heavy atom. The third-order valence-electron chi connectivity index (χ3n) is 6.94. The highest BCUT2D eigenvalue weighted by Gasteiger charge is 2.43. The number of anilines is 1. The normalized spacial score (nSPS) is 17.6. The van der Waals surface area contributed by atoms with E-state index in [0.29, 0.717) is 17.3 Å². The van der Waals surface area contributed by atoms with Crippen LogP contribution in [0.15, 0.2) is 21.1 Å². The largest absolute Gasteiger partial charge is 0.459 e. The summed E-state index contributed by atoms with van der Waals surface area (Å²) in [6, 6.07) is 3.78. The number of aromatic nitrogens is 1. The van der Waals surface area contributed by atoms with Crippen LogP contribution in [0.3, 0.4) is 0 Å². The molecule has 0 radical (unpaired) electrons. The minimum absolute atomic E-state index is 0.188. The van der Waals surface area contributed by atoms with Crippen molar-refractivity contribution >= 4 is 34.3 Å². The third kappa shape index (κ3) is 3.67. The second-order valence-electron chi connectivity index (χ2n) is 9.25. The minimum atomic E-state index is -0.413. The summed E-state index contributed by atoms with van der Waals surface area (Å²) in [5.74, 6) is 1.77. The van der Waals surface area contributed by atoms with Crippen LogP contribution in [-0.4, -0.2) is 29.7 Å². The van der Waals surface area contributed by atoms with Gasteiger partial charge in [0, 0.05) is 23.1 Å². The molecule has 2 amide bonds. The van der Waals surface area contributed by atoms with Gasteiger partial charge in [0.25, 0.3) is 0 Å². The maximum Gasteiger partial charge on any atom is 0.319 e. The number of carbonyl (C=O) groups is 1. The van der Waals surface area contributed by atoms with E-state index in [9.17, 15) is 4.79 Å². The van der Waals surface area contributed by atoms with Gasteiger partial charge in [0.1, 0.15) is 17.1 Å². The molecule has 8 heteroatoms. The van der Waals surface area contributed by atoms with Gasteiger partial charge in [-0.05, 0) is 52.3 Å². The van der Waals surface area contributed by atoms with Gasteiger partial charge in [-0.2, -0.15) is 0 Å². The zero-order chi connectivity index (χ0) is 22.5. The van der Waals surface area contributed by atoms with Crippen molar-refractivity contribution in [3.05, 3.63) is 45.5 Å². The molecule has 0 bridgehead atoms. The lowest BCUT2D eigenvalue weighted by Crippen LogP contribution is -2.52. The number of hydrogen-bond donors (Lipinski definition) is 2. The van der Waals surface area contributed by atoms with Crippen molar-refractivity contribution in [1.82, 2.24) is 15.4 Å². The monoisotopic (exact) mass is 456 g/mol. The number of likely N-dealkylation sites (N-methyl/N-ethyl adjacent to an activating group) is 1. The predicted octanol–water partition coefficient (Wildman–Crippen LogP) is 5.66. The molecule has 170 valence electrons. The fraction of sp³-hybridized carbons (Fsp3) is 0.500. The van der Waals surface area contributed by atoms with Crippen LogP contribution in [0.5, 0.6) is 0 Å². The molecule has 1 aliphatic heterocycles. The minimum Gasteiger partial charge on any atom is -0.459 e. The topological polar surface area (TPSA) is 83.5 Å². The molecular weight excluding hydrogens is 428 g/mol. The smallest absolute Gasteiger partial charge is 0.319 e. The van der Waals surface area contributed by atoms with E-state index in [1.54, 1.807) is 0 Å². The molecule has 0 unspecified atom stereocenters. The van der Waals surface area contributed by atoms with Crippen LogP contribution in [-0.2, 0) is 18.5 Å². The van der Waals surface area contributed by atoms with E-state index in [1.165, 1.54) is 12.0 Å². The molecule has 1 aromatic carbocycles. The molecule has 3 aromatic rings. The lowest BCUT2D eigenvalue weighted by Gasteiger charge is -2.42. The van der Waals surface area contributed by atoms with Gasteiger partial charge >= 0.3 is 6.03 Å². The molecule has 2 aliphatic rings. The molecule has 32 heavy (non-hydrogen) atoms. The molecule has 2 aromatic heterocycles. The van der Waals surface area contributed by atoms with Crippen molar-refractivity contribution in [2.24, 2.45) is 0 Å². The van der Waals surface area contributed by atoms with Crippen molar-refractivity contribution in [3.63, 3.8) is 0 Å². The standard InChI is InChI=1S/C24H29ClN4O3/c1-14-18(15(2)32-28-14)7-10-29(3)13-17-11-16-12-19(25)21-20(22(16)31-17)24(27-23(30)26-21)8-5-4-6-9-24/h11-12H,4-10,13H2,1-3H3,(H2,26,27,30). The van der Waals surface area contributed by atoms with Gasteiger partial charge in [0.15, 0.2) is 0 Å². The van der Waals surface area contributed by atoms with E-state index in [-0.39, 0.29) is 6.03 Å². The Morgan fingerprint density at radius 1 is 1.22 bits per heavy atom. The summed E-state index contributed by atoms with van der Waals surface area (Å²) in [4.78, 5) is 14.7. The average Bonchev–Trinajstić information content (AvgIpc) is 3.28. The number of nitrogens with zero attached hydrogens (tertiary/aromatic N) is 2. The molecule has 3 heterocycles. The van der Waals surface area contributed by atoms with Crippen LogP contribution in [0, 0.1) is 13.8 Å². The molecule has 1 fully saturated rings. The number of carbonyl (C=O) groups excluding carboxylic acids is 1. The molecule has 5 rings (SSSR count). The first kappa shape index (κ1) is 21.3. The quantitative estimate of drug-likeness (QED) is 0.517. The third-order valence-corrected chi connectivity index (χ3v) is 7.24. The van der Waals surface area contributed by atoms with Crippen molar-refractivity contribution in [2.75, 3.05) is 18.9 Å². The summed E-state index contributed by atoms with van der Waals surface area (Å²) in [6.45, 7) is 5.47. The van der Waals surface area contributed by atoms with Gasteiger partial charge in [-0.15, -0.1) is 0 Å². The summed E-state index contributed by atoms with van der Waals surface area (Å²) in [6.07, 6.45) is 6.01. The second-order valence-corrected chi connectivity index (χ2v) is 9.66. The van der Waals surface area contributed by atoms with E-state index >= 15 is 0 Å². The number of nitrogens with one attached hydrogen (secondary N) is 2. The molecular formula is C24H29ClN4O3. The summed E-state index contributed by atoms with van der Waals surface area (Å²) >= 11 is 6.63. The summed E-state index contributed by atoms with van der Waals surface area (Å²) in [5.41, 5.74) is 4.23. The van der Waals surface area contributed by atoms with E-state index in [4.69, 9.17) is 20.5 Å². The van der Waals surface area contributed by atoms with Gasteiger partial charge in [0.2, 0.25) is 0 Å². The highest BCUT2D eigenvalue weighted by Crippen LogP contribution is 2.49. The van der Waals surface area contributed by atoms with Crippen molar-refractivity contribution in [3.8, 4) is 0 Å². The number of fused-ring (bicyclic) bond motifs is 4. The molecule has 1 aliphatic carbocycles. The highest BCUT2D eigenvalue weighted by atomic mass is 35.5. The molecule has 2 N–H and O–H groups in total. The van der Waals surface area contributed by atoms with Crippen LogP contribution < -0.4 is 10.6 Å². The molecule has 1 saturated carbocycles. The Labute approximate surface area is 192 Å². The van der Waals surface area contributed by atoms with Crippen molar-refractivity contribution in [1.29, 1.82) is 0 Å². The van der Waals surface area contributed by atoms with Crippen LogP contribution in [0.1, 0.15) is 60.4 Å². The first-order valence-corrected chi connectivity index (χ1v) is 11.7. The highest BCUT2D eigenvalue weighted by molar-refractivity contribution is 6.35. The lowest BCUT2D eigenvalue weighted by molar-refractivity contribution is 0.208. The number of aryl methyl sites for hydroxylation is 2. The summed E-state index contributed by atoms with van der Waals surface area (Å²) in [7, 11) is 2.08. The van der Waals surface area contributed by atoms with Gasteiger partial charge in [0.05, 0.1) is 28.5 Å². The fourth-order valence-electron chi connectivity index (χ4n) is 5.32. The summed E-state index contributed by atoms with van der Waals surface area (Å²) in [5, 5.41) is 11.7. The first-order valence-electron chi connectivity index (χ1n) is 11.3. The summed E-state index contributed by atoms with van der Waals surface area (Å²) < 4.78 is 11.7. The molecule has 0 saturated heterocycles. The Balaban J connectivity index is 1.44. The maximum atomic E-state index is 12.4. The van der Waals surface area contributed by atoms with Gasteiger partial charge in [-0.3, -0.25) is 4.90 Å². The van der Waals surface area contributed by atoms with Crippen LogP contribution in [0.25, 0.3) is 11.0 Å². The zero-order valence-corrected chi connectivity index (χ0v) is 19.6. The predicted molar refractivity (Wildman–Crippen MR) is 124 cm³/mol. The number of amides is 2. The van der Waals surface area contributed by atoms with Gasteiger partial charge in [-0.25, -0.2) is 4.79 Å². The SMILES string of the molecule is Cc1noc(C)c1CCN(C)Cc1cc2cc(Cl)c3c(c2o1)C1(CCCCC1)NC(=O)N3.